The molecule has 0 unspecified atom stereocenters. The van der Waals surface area contributed by atoms with Crippen molar-refractivity contribution in [3.63, 3.8) is 0 Å². The van der Waals surface area contributed by atoms with Gasteiger partial charge in [0.25, 0.3) is 11.8 Å². The van der Waals surface area contributed by atoms with Crippen molar-refractivity contribution < 1.29 is 19.1 Å². The molecular weight excluding hydrogens is 162 g/mol. The number of carbonyl (C=O) groups excluding carboxylic acids is 3. The number of hydrogen-bond donors (Lipinski definition) is 1. The summed E-state index contributed by atoms with van der Waals surface area (Å²) in [4.78, 5) is 32.3. The van der Waals surface area contributed by atoms with Gasteiger partial charge in [0.2, 0.25) is 0 Å². The summed E-state index contributed by atoms with van der Waals surface area (Å²) >= 11 is 0. The molecule has 0 bridgehead atoms. The summed E-state index contributed by atoms with van der Waals surface area (Å²) in [5.41, 5.74) is -0.234. The van der Waals surface area contributed by atoms with Gasteiger partial charge >= 0.3 is 5.97 Å². The number of imide groups is 1. The second-order valence-corrected chi connectivity index (χ2v) is 2.10. The number of nitrogens with one attached hydrogen (secondary N) is 1. The summed E-state index contributed by atoms with van der Waals surface area (Å²) in [6.45, 7) is 1.80. The van der Waals surface area contributed by atoms with Crippen molar-refractivity contribution >= 4 is 17.8 Å². The van der Waals surface area contributed by atoms with Crippen LogP contribution in [0.4, 0.5) is 0 Å². The number of ether oxygens (including phenoxy) is 1. The quantitative estimate of drug-likeness (QED) is 0.331. The van der Waals surface area contributed by atoms with Gasteiger partial charge < -0.3 is 4.74 Å². The molecule has 2 amide bonds. The highest BCUT2D eigenvalue weighted by Gasteiger charge is 2.27. The molecule has 0 saturated heterocycles. The van der Waals surface area contributed by atoms with Crippen molar-refractivity contribution in [3.8, 4) is 0 Å². The molecule has 0 aromatic heterocycles. The molecule has 1 N–H and O–H groups in total. The lowest BCUT2D eigenvalue weighted by Crippen LogP contribution is -2.25. The average molecular weight is 169 g/mol. The largest absolute Gasteiger partial charge is 0.462 e. The zero-order chi connectivity index (χ0) is 9.14. The highest BCUT2D eigenvalue weighted by Crippen LogP contribution is 2.03. The lowest BCUT2D eigenvalue weighted by Gasteiger charge is -1.98. The standard InChI is InChI=1S/C7H7NO4/c1-2-12-7(11)4-3-5(9)8-6(4)10/h3H,2H2,1H3,(H,8,9,10). The first kappa shape index (κ1) is 8.45. The fraction of sp³-hybridized carbons (Fsp3) is 0.286. The van der Waals surface area contributed by atoms with Crippen molar-refractivity contribution in [2.45, 2.75) is 6.92 Å². The molecule has 0 aliphatic carbocycles. The van der Waals surface area contributed by atoms with E-state index in [2.05, 4.69) is 4.74 Å². The van der Waals surface area contributed by atoms with Crippen molar-refractivity contribution in [2.75, 3.05) is 6.61 Å². The smallest absolute Gasteiger partial charge is 0.343 e. The number of carbonyl (C=O) groups is 3. The van der Waals surface area contributed by atoms with Crippen LogP contribution < -0.4 is 5.32 Å². The number of amides is 2. The maximum absolute atomic E-state index is 10.9. The van der Waals surface area contributed by atoms with Gasteiger partial charge in [-0.25, -0.2) is 4.79 Å². The first-order valence-corrected chi connectivity index (χ1v) is 3.39. The zero-order valence-electron chi connectivity index (χ0n) is 6.42. The predicted octanol–water partition coefficient (Wildman–Crippen LogP) is -0.868. The fourth-order valence-electron chi connectivity index (χ4n) is 0.772. The maximum Gasteiger partial charge on any atom is 0.343 e. The van der Waals surface area contributed by atoms with Crippen molar-refractivity contribution in [3.05, 3.63) is 11.6 Å². The van der Waals surface area contributed by atoms with E-state index in [0.29, 0.717) is 0 Å². The topological polar surface area (TPSA) is 72.5 Å². The van der Waals surface area contributed by atoms with Gasteiger partial charge in [0, 0.05) is 6.08 Å². The molecule has 64 valence electrons. The lowest BCUT2D eigenvalue weighted by molar-refractivity contribution is -0.139. The third-order valence-electron chi connectivity index (χ3n) is 1.25. The van der Waals surface area contributed by atoms with E-state index in [0.717, 1.165) is 6.08 Å². The van der Waals surface area contributed by atoms with Gasteiger partial charge in [0.15, 0.2) is 0 Å². The summed E-state index contributed by atoms with van der Waals surface area (Å²) in [6, 6.07) is 0. The van der Waals surface area contributed by atoms with Gasteiger partial charge in [0.1, 0.15) is 5.57 Å². The van der Waals surface area contributed by atoms with E-state index in [1.165, 1.54) is 0 Å². The molecular formula is C7H7NO4. The molecule has 1 aliphatic heterocycles. The molecule has 0 radical (unpaired) electrons. The fourth-order valence-corrected chi connectivity index (χ4v) is 0.772. The molecule has 0 fully saturated rings. The highest BCUT2D eigenvalue weighted by atomic mass is 16.5. The number of rotatable bonds is 2. The Labute approximate surface area is 68.4 Å². The van der Waals surface area contributed by atoms with Crippen LogP contribution in [0.15, 0.2) is 11.6 Å². The summed E-state index contributed by atoms with van der Waals surface area (Å²) in [6.07, 6.45) is 0.931. The molecule has 1 aliphatic rings. The second-order valence-electron chi connectivity index (χ2n) is 2.10. The first-order chi connectivity index (χ1) is 5.65. The molecule has 5 heteroatoms. The average Bonchev–Trinajstić information content (AvgIpc) is 2.30. The van der Waals surface area contributed by atoms with Crippen LogP contribution in [-0.2, 0) is 19.1 Å². The third kappa shape index (κ3) is 1.50. The van der Waals surface area contributed by atoms with Gasteiger partial charge in [-0.2, -0.15) is 0 Å². The Hall–Kier alpha value is -1.65. The van der Waals surface area contributed by atoms with Crippen LogP contribution >= 0.6 is 0 Å². The van der Waals surface area contributed by atoms with E-state index in [4.69, 9.17) is 0 Å². The van der Waals surface area contributed by atoms with Crippen LogP contribution in [0.5, 0.6) is 0 Å². The van der Waals surface area contributed by atoms with Gasteiger partial charge in [-0.1, -0.05) is 0 Å². The molecule has 12 heavy (non-hydrogen) atoms. The van der Waals surface area contributed by atoms with Gasteiger partial charge in [-0.05, 0) is 6.92 Å². The van der Waals surface area contributed by atoms with Crippen LogP contribution in [0, 0.1) is 0 Å². The summed E-state index contributed by atoms with van der Waals surface area (Å²) in [5, 5.41) is 1.93. The Morgan fingerprint density at radius 1 is 1.58 bits per heavy atom. The van der Waals surface area contributed by atoms with Gasteiger partial charge in [-0.15, -0.1) is 0 Å². The Morgan fingerprint density at radius 3 is 2.67 bits per heavy atom. The minimum Gasteiger partial charge on any atom is -0.462 e. The molecule has 5 nitrogen and oxygen atoms in total. The Kier molecular flexibility index (Phi) is 2.23. The molecule has 0 saturated carbocycles. The zero-order valence-corrected chi connectivity index (χ0v) is 6.42. The maximum atomic E-state index is 10.9. The second kappa shape index (κ2) is 3.17. The lowest BCUT2D eigenvalue weighted by atomic mass is 10.3. The molecule has 1 rings (SSSR count). The monoisotopic (exact) mass is 169 g/mol. The minimum atomic E-state index is -0.763. The number of hydrogen-bond acceptors (Lipinski definition) is 4. The SMILES string of the molecule is CCOC(=O)C1=CC(=O)NC1=O. The number of esters is 1. The third-order valence-corrected chi connectivity index (χ3v) is 1.25. The Morgan fingerprint density at radius 2 is 2.25 bits per heavy atom. The van der Waals surface area contributed by atoms with E-state index in [-0.39, 0.29) is 12.2 Å². The van der Waals surface area contributed by atoms with E-state index >= 15 is 0 Å². The van der Waals surface area contributed by atoms with E-state index < -0.39 is 17.8 Å². The van der Waals surface area contributed by atoms with Crippen molar-refractivity contribution in [1.29, 1.82) is 0 Å². The molecule has 0 aromatic carbocycles. The first-order valence-electron chi connectivity index (χ1n) is 3.39. The van der Waals surface area contributed by atoms with Crippen LogP contribution in [0.3, 0.4) is 0 Å². The van der Waals surface area contributed by atoms with Crippen LogP contribution in [0.1, 0.15) is 6.92 Å². The summed E-state index contributed by atoms with van der Waals surface area (Å²) in [7, 11) is 0. The minimum absolute atomic E-state index is 0.178. The highest BCUT2D eigenvalue weighted by molar-refractivity contribution is 6.28. The Balaban J connectivity index is 2.75. The Bertz CT molecular complexity index is 279. The van der Waals surface area contributed by atoms with Crippen LogP contribution in [0.25, 0.3) is 0 Å². The molecule has 1 heterocycles. The normalized spacial score (nSPS) is 15.6. The summed E-state index contributed by atoms with van der Waals surface area (Å²) < 4.78 is 4.52. The molecule has 0 aromatic rings. The van der Waals surface area contributed by atoms with Crippen molar-refractivity contribution in [2.24, 2.45) is 0 Å². The van der Waals surface area contributed by atoms with Crippen LogP contribution in [0.2, 0.25) is 0 Å². The van der Waals surface area contributed by atoms with E-state index in [1.54, 1.807) is 6.92 Å². The summed E-state index contributed by atoms with van der Waals surface area (Å²) in [5.74, 6) is -2.04. The molecule has 0 atom stereocenters. The van der Waals surface area contributed by atoms with E-state index in [9.17, 15) is 14.4 Å². The van der Waals surface area contributed by atoms with Gasteiger partial charge in [-0.3, -0.25) is 14.9 Å². The van der Waals surface area contributed by atoms with Crippen molar-refractivity contribution in [1.82, 2.24) is 5.32 Å². The predicted molar refractivity (Wildman–Crippen MR) is 37.9 cm³/mol. The van der Waals surface area contributed by atoms with Gasteiger partial charge in [0.05, 0.1) is 6.61 Å². The van der Waals surface area contributed by atoms with E-state index in [1.807, 2.05) is 5.32 Å². The van der Waals surface area contributed by atoms with Crippen LogP contribution in [-0.4, -0.2) is 24.4 Å². The molecule has 0 spiro atoms.